The van der Waals surface area contributed by atoms with E-state index in [1.807, 2.05) is 46.8 Å². The molecule has 0 aliphatic carbocycles. The van der Waals surface area contributed by atoms with Crippen molar-refractivity contribution in [2.24, 2.45) is 0 Å². The van der Waals surface area contributed by atoms with Gasteiger partial charge in [0.1, 0.15) is 5.75 Å². The smallest absolute Gasteiger partial charge is 0.401 e. The first-order valence-corrected chi connectivity index (χ1v) is 11.5. The van der Waals surface area contributed by atoms with Crippen LogP contribution < -0.4 is 4.74 Å². The molecule has 2 rings (SSSR count). The summed E-state index contributed by atoms with van der Waals surface area (Å²) in [5.74, 6) is 0.672. The van der Waals surface area contributed by atoms with Crippen molar-refractivity contribution in [3.05, 3.63) is 29.3 Å². The van der Waals surface area contributed by atoms with Crippen molar-refractivity contribution in [3.63, 3.8) is 0 Å². The molecule has 5 nitrogen and oxygen atoms in total. The van der Waals surface area contributed by atoms with E-state index >= 15 is 0 Å². The van der Waals surface area contributed by atoms with Crippen molar-refractivity contribution in [3.8, 4) is 5.75 Å². The van der Waals surface area contributed by atoms with Crippen molar-refractivity contribution >= 4 is 5.91 Å². The van der Waals surface area contributed by atoms with E-state index in [1.165, 1.54) is 4.90 Å². The third-order valence-electron chi connectivity index (χ3n) is 5.45. The Kier molecular flexibility index (Phi) is 9.83. The minimum absolute atomic E-state index is 0.0474. The number of carbonyl (C=O) groups excluding carboxylic acids is 1. The van der Waals surface area contributed by atoms with E-state index in [0.717, 1.165) is 17.7 Å². The molecule has 1 fully saturated rings. The van der Waals surface area contributed by atoms with Gasteiger partial charge in [-0.15, -0.1) is 0 Å². The van der Waals surface area contributed by atoms with E-state index < -0.39 is 12.7 Å². The van der Waals surface area contributed by atoms with Crippen LogP contribution >= 0.6 is 0 Å². The molecule has 0 radical (unpaired) electrons. The van der Waals surface area contributed by atoms with Crippen LogP contribution in [-0.4, -0.2) is 72.9 Å². The van der Waals surface area contributed by atoms with Gasteiger partial charge in [-0.1, -0.05) is 13.8 Å². The second-order valence-electron chi connectivity index (χ2n) is 8.83. The van der Waals surface area contributed by atoms with Crippen LogP contribution in [0.1, 0.15) is 62.9 Å². The molecule has 0 aromatic heterocycles. The van der Waals surface area contributed by atoms with Crippen molar-refractivity contribution in [1.29, 1.82) is 0 Å². The van der Waals surface area contributed by atoms with Crippen LogP contribution in [0, 0.1) is 6.92 Å². The summed E-state index contributed by atoms with van der Waals surface area (Å²) in [4.78, 5) is 16.3. The molecule has 0 spiro atoms. The van der Waals surface area contributed by atoms with Crippen LogP contribution in [-0.2, 0) is 4.74 Å². The lowest BCUT2D eigenvalue weighted by atomic mass is 10.1. The molecular weight excluding hydrogens is 421 g/mol. The fourth-order valence-corrected chi connectivity index (χ4v) is 4.01. The SMILES string of the molecule is CCCN(CCC1CN(CC(F)(F)F)CC(CC)O1)C(=O)c1ccc(OC(C)C)c(C)c1. The molecule has 1 aliphatic rings. The molecule has 32 heavy (non-hydrogen) atoms. The maximum Gasteiger partial charge on any atom is 0.401 e. The van der Waals surface area contributed by atoms with Gasteiger partial charge in [-0.3, -0.25) is 9.69 Å². The number of benzene rings is 1. The Hall–Kier alpha value is -1.80. The first-order chi connectivity index (χ1) is 15.0. The van der Waals surface area contributed by atoms with Crippen molar-refractivity contribution in [1.82, 2.24) is 9.80 Å². The third-order valence-corrected chi connectivity index (χ3v) is 5.45. The number of alkyl halides is 3. The second kappa shape index (κ2) is 11.9. The van der Waals surface area contributed by atoms with Gasteiger partial charge in [-0.2, -0.15) is 13.2 Å². The molecule has 1 saturated heterocycles. The van der Waals surface area contributed by atoms with Gasteiger partial charge in [-0.05, 0) is 63.8 Å². The van der Waals surface area contributed by atoms with E-state index in [2.05, 4.69) is 0 Å². The molecule has 1 heterocycles. The zero-order chi connectivity index (χ0) is 23.9. The van der Waals surface area contributed by atoms with Crippen LogP contribution in [0.5, 0.6) is 5.75 Å². The zero-order valence-corrected chi connectivity index (χ0v) is 19.9. The molecule has 2 atom stereocenters. The average Bonchev–Trinajstić information content (AvgIpc) is 2.70. The van der Waals surface area contributed by atoms with Gasteiger partial charge < -0.3 is 14.4 Å². The molecular formula is C24H37F3N2O3. The van der Waals surface area contributed by atoms with Crippen LogP contribution in [0.15, 0.2) is 18.2 Å². The van der Waals surface area contributed by atoms with E-state index in [4.69, 9.17) is 9.47 Å². The predicted molar refractivity (Wildman–Crippen MR) is 119 cm³/mol. The first kappa shape index (κ1) is 26.5. The Bertz CT molecular complexity index is 740. The number of hydrogen-bond acceptors (Lipinski definition) is 4. The Balaban J connectivity index is 2.04. The summed E-state index contributed by atoms with van der Waals surface area (Å²) in [6.45, 7) is 10.3. The summed E-state index contributed by atoms with van der Waals surface area (Å²) in [7, 11) is 0. The van der Waals surface area contributed by atoms with Gasteiger partial charge in [0.2, 0.25) is 0 Å². The summed E-state index contributed by atoms with van der Waals surface area (Å²) in [6.07, 6.45) is -2.77. The quantitative estimate of drug-likeness (QED) is 0.491. The molecule has 1 aromatic rings. The molecule has 8 heteroatoms. The molecule has 182 valence electrons. The molecule has 1 aliphatic heterocycles. The first-order valence-electron chi connectivity index (χ1n) is 11.5. The molecule has 1 aromatic carbocycles. The average molecular weight is 459 g/mol. The normalized spacial score (nSPS) is 19.9. The monoisotopic (exact) mass is 458 g/mol. The minimum atomic E-state index is -4.23. The molecule has 0 bridgehead atoms. The Labute approximate surface area is 189 Å². The fourth-order valence-electron chi connectivity index (χ4n) is 4.01. The zero-order valence-electron chi connectivity index (χ0n) is 19.9. The summed E-state index contributed by atoms with van der Waals surface area (Å²) >= 11 is 0. The van der Waals surface area contributed by atoms with E-state index in [9.17, 15) is 18.0 Å². The number of halogens is 3. The van der Waals surface area contributed by atoms with Gasteiger partial charge in [0.25, 0.3) is 5.91 Å². The highest BCUT2D eigenvalue weighted by atomic mass is 19.4. The number of ether oxygens (including phenoxy) is 2. The maximum absolute atomic E-state index is 13.2. The number of rotatable bonds is 10. The number of morpholine rings is 1. The van der Waals surface area contributed by atoms with Gasteiger partial charge in [0.15, 0.2) is 0 Å². The van der Waals surface area contributed by atoms with Gasteiger partial charge in [0, 0.05) is 31.7 Å². The highest BCUT2D eigenvalue weighted by Crippen LogP contribution is 2.24. The van der Waals surface area contributed by atoms with Gasteiger partial charge in [0.05, 0.1) is 24.9 Å². The largest absolute Gasteiger partial charge is 0.491 e. The van der Waals surface area contributed by atoms with E-state index in [1.54, 1.807) is 11.0 Å². The highest BCUT2D eigenvalue weighted by molar-refractivity contribution is 5.94. The maximum atomic E-state index is 13.2. The van der Waals surface area contributed by atoms with Gasteiger partial charge >= 0.3 is 6.18 Å². The minimum Gasteiger partial charge on any atom is -0.491 e. The van der Waals surface area contributed by atoms with Crippen molar-refractivity contribution in [2.75, 3.05) is 32.7 Å². The Morgan fingerprint density at radius 3 is 2.47 bits per heavy atom. The lowest BCUT2D eigenvalue weighted by Crippen LogP contribution is -2.51. The molecule has 2 unspecified atom stereocenters. The van der Waals surface area contributed by atoms with E-state index in [-0.39, 0.29) is 37.3 Å². The van der Waals surface area contributed by atoms with Crippen LogP contribution in [0.3, 0.4) is 0 Å². The second-order valence-corrected chi connectivity index (χ2v) is 8.83. The lowest BCUT2D eigenvalue weighted by molar-refractivity contribution is -0.170. The summed E-state index contributed by atoms with van der Waals surface area (Å²) in [5.41, 5.74) is 1.48. The molecule has 1 amide bonds. The number of carbonyl (C=O) groups is 1. The predicted octanol–water partition coefficient (Wildman–Crippen LogP) is 5.07. The lowest BCUT2D eigenvalue weighted by Gasteiger charge is -2.38. The Morgan fingerprint density at radius 2 is 1.91 bits per heavy atom. The van der Waals surface area contributed by atoms with Crippen molar-refractivity contribution in [2.45, 2.75) is 78.4 Å². The Morgan fingerprint density at radius 1 is 1.22 bits per heavy atom. The fraction of sp³-hybridized carbons (Fsp3) is 0.708. The number of nitrogens with zero attached hydrogens (tertiary/aromatic N) is 2. The number of amides is 1. The highest BCUT2D eigenvalue weighted by Gasteiger charge is 2.35. The van der Waals surface area contributed by atoms with Crippen LogP contribution in [0.4, 0.5) is 13.2 Å². The number of aryl methyl sites for hydroxylation is 1. The summed E-state index contributed by atoms with van der Waals surface area (Å²) in [5, 5.41) is 0. The van der Waals surface area contributed by atoms with Crippen LogP contribution in [0.25, 0.3) is 0 Å². The number of hydrogen-bond donors (Lipinski definition) is 0. The van der Waals surface area contributed by atoms with Crippen LogP contribution in [0.2, 0.25) is 0 Å². The standard InChI is InChI=1S/C24H37F3N2O3/c1-6-11-29(23(30)19-8-9-22(18(5)13-19)31-17(3)4)12-10-21-15-28(16-24(25,26)27)14-20(7-2)32-21/h8-9,13,17,20-21H,6-7,10-12,14-16H2,1-5H3. The van der Waals surface area contributed by atoms with E-state index in [0.29, 0.717) is 31.5 Å². The van der Waals surface area contributed by atoms with Crippen molar-refractivity contribution < 1.29 is 27.4 Å². The van der Waals surface area contributed by atoms with Gasteiger partial charge in [-0.25, -0.2) is 0 Å². The molecule has 0 N–H and O–H groups in total. The molecule has 0 saturated carbocycles. The topological polar surface area (TPSA) is 42.0 Å². The summed E-state index contributed by atoms with van der Waals surface area (Å²) in [6, 6.07) is 5.42. The third kappa shape index (κ3) is 8.28. The summed E-state index contributed by atoms with van der Waals surface area (Å²) < 4.78 is 50.4.